The lowest BCUT2D eigenvalue weighted by molar-refractivity contribution is -0.113. The highest BCUT2D eigenvalue weighted by molar-refractivity contribution is 7.99. The molecule has 2 aromatic rings. The molecule has 1 fully saturated rings. The molecular formula is C26H34N2O2S2. The molecule has 2 aromatic carbocycles. The number of nitrogens with zero attached hydrogens (tertiary/aromatic N) is 2. The smallest absolute Gasteiger partial charge is 0.134 e. The molecule has 0 radical (unpaired) electrons. The van der Waals surface area contributed by atoms with Crippen LogP contribution in [0.4, 0.5) is 11.4 Å². The van der Waals surface area contributed by atoms with Gasteiger partial charge in [-0.15, -0.1) is 11.8 Å². The molecule has 1 aliphatic heterocycles. The molecule has 0 saturated heterocycles. The van der Waals surface area contributed by atoms with E-state index in [-0.39, 0.29) is 5.41 Å². The van der Waals surface area contributed by atoms with Crippen molar-refractivity contribution in [3.63, 3.8) is 0 Å². The Morgan fingerprint density at radius 3 is 2.66 bits per heavy atom. The molecule has 4 rings (SSSR count). The fraction of sp³-hybridized carbons (Fsp3) is 0.500. The summed E-state index contributed by atoms with van der Waals surface area (Å²) in [6.07, 6.45) is 6.58. The van der Waals surface area contributed by atoms with Crippen LogP contribution in [-0.4, -0.2) is 42.6 Å². The van der Waals surface area contributed by atoms with E-state index in [2.05, 4.69) is 72.6 Å². The van der Waals surface area contributed by atoms with Crippen LogP contribution >= 0.6 is 23.7 Å². The van der Waals surface area contributed by atoms with E-state index in [1.807, 2.05) is 23.7 Å². The largest absolute Gasteiger partial charge is 0.491 e. The zero-order chi connectivity index (χ0) is 22.6. The molecular weight excluding hydrogens is 436 g/mol. The second-order valence-electron chi connectivity index (χ2n) is 8.85. The Hall–Kier alpha value is -1.63. The van der Waals surface area contributed by atoms with Crippen LogP contribution < -0.4 is 9.64 Å². The van der Waals surface area contributed by atoms with Gasteiger partial charge in [-0.05, 0) is 68.3 Å². The normalized spacial score (nSPS) is 19.8. The van der Waals surface area contributed by atoms with Gasteiger partial charge in [0.1, 0.15) is 18.6 Å². The number of fused-ring (bicyclic) bond motifs is 1. The van der Waals surface area contributed by atoms with E-state index in [1.54, 1.807) is 0 Å². The molecule has 172 valence electrons. The minimum absolute atomic E-state index is 0.258. The number of aldehydes is 1. The summed E-state index contributed by atoms with van der Waals surface area (Å²) >= 11 is 3.63. The average Bonchev–Trinajstić information content (AvgIpc) is 3.61. The summed E-state index contributed by atoms with van der Waals surface area (Å²) in [5, 5.41) is 0. The van der Waals surface area contributed by atoms with Crippen LogP contribution in [-0.2, 0) is 4.79 Å². The number of hydrogen-bond acceptors (Lipinski definition) is 6. The van der Waals surface area contributed by atoms with E-state index in [0.29, 0.717) is 12.6 Å². The molecule has 0 N–H and O–H groups in total. The highest BCUT2D eigenvalue weighted by Crippen LogP contribution is 2.48. The van der Waals surface area contributed by atoms with Crippen molar-refractivity contribution in [1.29, 1.82) is 0 Å². The van der Waals surface area contributed by atoms with Crippen molar-refractivity contribution in [2.24, 2.45) is 5.41 Å². The number of carbonyl (C=O) groups is 1. The Kier molecular flexibility index (Phi) is 7.74. The molecule has 0 amide bonds. The maximum absolute atomic E-state index is 11.5. The topological polar surface area (TPSA) is 32.8 Å². The molecule has 0 aromatic heterocycles. The molecule has 4 nitrogen and oxygen atoms in total. The predicted octanol–water partition coefficient (Wildman–Crippen LogP) is 6.81. The number of hydrogen-bond donors (Lipinski definition) is 0. The van der Waals surface area contributed by atoms with Gasteiger partial charge in [0.15, 0.2) is 0 Å². The van der Waals surface area contributed by atoms with Gasteiger partial charge in [0.05, 0.1) is 20.9 Å². The van der Waals surface area contributed by atoms with Crippen molar-refractivity contribution in [3.8, 4) is 5.75 Å². The first-order chi connectivity index (χ1) is 15.6. The Labute approximate surface area is 201 Å². The van der Waals surface area contributed by atoms with Crippen LogP contribution in [0.1, 0.15) is 46.0 Å². The summed E-state index contributed by atoms with van der Waals surface area (Å²) in [5.74, 6) is 1.88. The first kappa shape index (κ1) is 23.5. The standard InChI is InChI=1S/C26H34N2O2S2/c1-4-6-10-21-17-28(20-11-8-7-9-12-20)22-15-25(31-5-2)23(16-24(22)32-27(21)3)30-19-26(18-29)13-14-26/h7-9,11-12,15-16,18,21H,4-6,10,13-14,17,19H2,1-3H3. The zero-order valence-corrected chi connectivity index (χ0v) is 21.0. The second-order valence-corrected chi connectivity index (χ2v) is 11.4. The number of ether oxygens (including phenoxy) is 1. The third kappa shape index (κ3) is 5.29. The lowest BCUT2D eigenvalue weighted by atomic mass is 10.1. The molecule has 0 spiro atoms. The fourth-order valence-electron chi connectivity index (χ4n) is 4.09. The predicted molar refractivity (Wildman–Crippen MR) is 136 cm³/mol. The van der Waals surface area contributed by atoms with Gasteiger partial charge in [-0.1, -0.05) is 44.9 Å². The van der Waals surface area contributed by atoms with E-state index in [9.17, 15) is 4.79 Å². The fourth-order valence-corrected chi connectivity index (χ4v) is 5.91. The molecule has 2 aliphatic rings. The number of rotatable bonds is 10. The Bertz CT molecular complexity index is 918. The summed E-state index contributed by atoms with van der Waals surface area (Å²) in [7, 11) is 2.21. The Morgan fingerprint density at radius 2 is 2.00 bits per heavy atom. The number of carbonyl (C=O) groups excluding carboxylic acids is 1. The van der Waals surface area contributed by atoms with Crippen molar-refractivity contribution < 1.29 is 9.53 Å². The van der Waals surface area contributed by atoms with Crippen LogP contribution in [0.2, 0.25) is 0 Å². The maximum Gasteiger partial charge on any atom is 0.134 e. The number of thioether (sulfide) groups is 1. The van der Waals surface area contributed by atoms with Gasteiger partial charge in [-0.2, -0.15) is 0 Å². The van der Waals surface area contributed by atoms with Crippen molar-refractivity contribution >= 4 is 41.4 Å². The molecule has 0 bridgehead atoms. The van der Waals surface area contributed by atoms with E-state index in [0.717, 1.165) is 42.1 Å². The van der Waals surface area contributed by atoms with Crippen molar-refractivity contribution in [1.82, 2.24) is 4.31 Å². The highest BCUT2D eigenvalue weighted by Gasteiger charge is 2.43. The lowest BCUT2D eigenvalue weighted by Gasteiger charge is -2.30. The van der Waals surface area contributed by atoms with E-state index < -0.39 is 0 Å². The molecule has 1 atom stereocenters. The van der Waals surface area contributed by atoms with Crippen LogP contribution in [0.25, 0.3) is 0 Å². The first-order valence-corrected chi connectivity index (χ1v) is 13.5. The van der Waals surface area contributed by atoms with Crippen LogP contribution in [0.5, 0.6) is 5.75 Å². The summed E-state index contributed by atoms with van der Waals surface area (Å²) in [5.41, 5.74) is 2.21. The first-order valence-electron chi connectivity index (χ1n) is 11.7. The molecule has 1 unspecified atom stereocenters. The number of anilines is 2. The molecule has 1 heterocycles. The minimum Gasteiger partial charge on any atom is -0.491 e. The monoisotopic (exact) mass is 470 g/mol. The summed E-state index contributed by atoms with van der Waals surface area (Å²) in [4.78, 5) is 16.3. The van der Waals surface area contributed by atoms with E-state index >= 15 is 0 Å². The summed E-state index contributed by atoms with van der Waals surface area (Å²) in [6, 6.07) is 15.7. The molecule has 32 heavy (non-hydrogen) atoms. The van der Waals surface area contributed by atoms with Crippen LogP contribution in [0, 0.1) is 5.41 Å². The van der Waals surface area contributed by atoms with Crippen LogP contribution in [0.15, 0.2) is 52.3 Å². The third-order valence-corrected chi connectivity index (χ3v) is 8.41. The van der Waals surface area contributed by atoms with Gasteiger partial charge in [0.25, 0.3) is 0 Å². The quantitative estimate of drug-likeness (QED) is 0.216. The molecule has 1 saturated carbocycles. The van der Waals surface area contributed by atoms with Crippen molar-refractivity contribution in [3.05, 3.63) is 42.5 Å². The van der Waals surface area contributed by atoms with Crippen LogP contribution in [0.3, 0.4) is 0 Å². The SMILES string of the molecule is CCCCC1CN(c2ccccc2)c2cc(SCC)c(OCC3(C=O)CC3)cc2SN1C. The van der Waals surface area contributed by atoms with Gasteiger partial charge in [0, 0.05) is 18.3 Å². The lowest BCUT2D eigenvalue weighted by Crippen LogP contribution is -2.35. The van der Waals surface area contributed by atoms with E-state index in [4.69, 9.17) is 4.74 Å². The summed E-state index contributed by atoms with van der Waals surface area (Å²) < 4.78 is 8.70. The van der Waals surface area contributed by atoms with Gasteiger partial charge in [-0.25, -0.2) is 4.31 Å². The average molecular weight is 471 g/mol. The maximum atomic E-state index is 11.5. The van der Waals surface area contributed by atoms with Gasteiger partial charge in [0.2, 0.25) is 0 Å². The Balaban J connectivity index is 1.72. The summed E-state index contributed by atoms with van der Waals surface area (Å²) in [6.45, 7) is 5.88. The van der Waals surface area contributed by atoms with E-state index in [1.165, 1.54) is 35.5 Å². The number of likely N-dealkylation sites (N-methyl/N-ethyl adjacent to an activating group) is 1. The number of unbranched alkanes of at least 4 members (excludes halogenated alkanes) is 1. The minimum atomic E-state index is -0.258. The van der Waals surface area contributed by atoms with Gasteiger partial charge < -0.3 is 14.4 Å². The van der Waals surface area contributed by atoms with Gasteiger partial charge in [-0.3, -0.25) is 0 Å². The van der Waals surface area contributed by atoms with Crippen molar-refractivity contribution in [2.45, 2.75) is 61.8 Å². The number of benzene rings is 2. The third-order valence-electron chi connectivity index (χ3n) is 6.38. The zero-order valence-electron chi connectivity index (χ0n) is 19.4. The Morgan fingerprint density at radius 1 is 1.22 bits per heavy atom. The van der Waals surface area contributed by atoms with Gasteiger partial charge >= 0.3 is 0 Å². The number of para-hydroxylation sites is 1. The highest BCUT2D eigenvalue weighted by atomic mass is 32.2. The second kappa shape index (κ2) is 10.5. The molecule has 6 heteroatoms. The molecule has 1 aliphatic carbocycles. The van der Waals surface area contributed by atoms with Crippen molar-refractivity contribution in [2.75, 3.05) is 30.9 Å².